The van der Waals surface area contributed by atoms with E-state index in [4.69, 9.17) is 10.5 Å². The zero-order chi connectivity index (χ0) is 11.9. The Hall–Kier alpha value is -0.810. The van der Waals surface area contributed by atoms with Crippen LogP contribution in [0.25, 0.3) is 0 Å². The van der Waals surface area contributed by atoms with E-state index in [9.17, 15) is 4.79 Å². The number of nitrogens with two attached hydrogens (primary N) is 1. The molecule has 3 N–H and O–H groups in total. The minimum absolute atomic E-state index is 0.0764. The van der Waals surface area contributed by atoms with Crippen molar-refractivity contribution in [3.8, 4) is 0 Å². The van der Waals surface area contributed by atoms with Crippen molar-refractivity contribution in [2.24, 2.45) is 5.73 Å². The van der Waals surface area contributed by atoms with Gasteiger partial charge < -0.3 is 15.8 Å². The third-order valence-corrected chi connectivity index (χ3v) is 3.13. The fourth-order valence-electron chi connectivity index (χ4n) is 2.49. The maximum absolute atomic E-state index is 12.0. The molecule has 0 aromatic carbocycles. The van der Waals surface area contributed by atoms with Gasteiger partial charge in [-0.15, -0.1) is 0 Å². The van der Waals surface area contributed by atoms with Crippen molar-refractivity contribution in [1.29, 1.82) is 0 Å². The lowest BCUT2D eigenvalue weighted by molar-refractivity contribution is 0.00960. The molecule has 0 aromatic heterocycles. The lowest BCUT2D eigenvalue weighted by Crippen LogP contribution is -2.57. The average molecular weight is 227 g/mol. The molecule has 2 rings (SSSR count). The Labute approximate surface area is 96.3 Å². The third-order valence-electron chi connectivity index (χ3n) is 3.13. The number of hydrogen-bond acceptors (Lipinski definition) is 4. The molecule has 0 aromatic rings. The van der Waals surface area contributed by atoms with E-state index in [-0.39, 0.29) is 24.2 Å². The van der Waals surface area contributed by atoms with Crippen LogP contribution in [0.3, 0.4) is 0 Å². The van der Waals surface area contributed by atoms with Crippen LogP contribution in [0.2, 0.25) is 0 Å². The number of hydrogen-bond donors (Lipinski definition) is 2. The van der Waals surface area contributed by atoms with Crippen molar-refractivity contribution in [2.45, 2.75) is 50.9 Å². The summed E-state index contributed by atoms with van der Waals surface area (Å²) in [5.41, 5.74) is 5.58. The van der Waals surface area contributed by atoms with Crippen molar-refractivity contribution in [3.63, 3.8) is 0 Å². The highest BCUT2D eigenvalue weighted by Gasteiger charge is 2.45. The molecule has 0 radical (unpaired) electrons. The number of rotatable bonds is 0. The molecule has 0 unspecified atom stereocenters. The molecule has 3 atom stereocenters. The zero-order valence-electron chi connectivity index (χ0n) is 10.2. The largest absolute Gasteiger partial charge is 0.444 e. The second-order valence-electron chi connectivity index (χ2n) is 5.67. The van der Waals surface area contributed by atoms with Crippen molar-refractivity contribution in [2.75, 3.05) is 13.1 Å². The van der Waals surface area contributed by atoms with Crippen LogP contribution in [-0.4, -0.2) is 47.8 Å². The quantitative estimate of drug-likeness (QED) is 0.624. The van der Waals surface area contributed by atoms with E-state index in [1.807, 2.05) is 25.7 Å². The standard InChI is InChI=1S/C11H21N3O2/c1-11(2,3)16-10(15)14-7-4-8(12)9(14)6-13-5-7/h7-9,13H,4-6,12H2,1-3H3/t7-,8+,9-/m1/s1. The molecule has 5 heteroatoms. The number of fused-ring (bicyclic) bond motifs is 2. The van der Waals surface area contributed by atoms with Gasteiger partial charge >= 0.3 is 6.09 Å². The molecule has 2 saturated heterocycles. The van der Waals surface area contributed by atoms with Crippen LogP contribution in [0.15, 0.2) is 0 Å². The molecule has 16 heavy (non-hydrogen) atoms. The molecule has 1 amide bonds. The summed E-state index contributed by atoms with van der Waals surface area (Å²) in [4.78, 5) is 13.9. The minimum Gasteiger partial charge on any atom is -0.444 e. The maximum atomic E-state index is 12.0. The summed E-state index contributed by atoms with van der Waals surface area (Å²) < 4.78 is 5.41. The molecule has 2 heterocycles. The number of nitrogens with one attached hydrogen (secondary N) is 1. The smallest absolute Gasteiger partial charge is 0.410 e. The van der Waals surface area contributed by atoms with E-state index in [0.29, 0.717) is 0 Å². The SMILES string of the molecule is CC(C)(C)OC(=O)N1[C@H]2CNC[C@@H]1[C@@H](N)C2. The van der Waals surface area contributed by atoms with Crippen molar-refractivity contribution >= 4 is 6.09 Å². The molecular weight excluding hydrogens is 206 g/mol. The van der Waals surface area contributed by atoms with Crippen molar-refractivity contribution in [1.82, 2.24) is 10.2 Å². The summed E-state index contributed by atoms with van der Waals surface area (Å²) in [6.07, 6.45) is 0.647. The van der Waals surface area contributed by atoms with Gasteiger partial charge in [0.25, 0.3) is 0 Å². The van der Waals surface area contributed by atoms with Gasteiger partial charge in [-0.05, 0) is 27.2 Å². The van der Waals surface area contributed by atoms with Gasteiger partial charge in [0.05, 0.1) is 6.04 Å². The fraction of sp³-hybridized carbons (Fsp3) is 0.909. The third kappa shape index (κ3) is 2.15. The van der Waals surface area contributed by atoms with Gasteiger partial charge in [-0.25, -0.2) is 4.79 Å². The Bertz CT molecular complexity index is 287. The summed E-state index contributed by atoms with van der Waals surface area (Å²) in [5.74, 6) is 0. The lowest BCUT2D eigenvalue weighted by Gasteiger charge is -2.36. The number of piperazine rings is 1. The number of amides is 1. The normalized spacial score (nSPS) is 34.0. The highest BCUT2D eigenvalue weighted by Crippen LogP contribution is 2.27. The van der Waals surface area contributed by atoms with Crippen LogP contribution in [-0.2, 0) is 4.74 Å². The summed E-state index contributed by atoms with van der Waals surface area (Å²) in [7, 11) is 0. The first kappa shape index (κ1) is 11.7. The molecule has 0 saturated carbocycles. The molecule has 2 fully saturated rings. The predicted molar refractivity (Wildman–Crippen MR) is 61.1 cm³/mol. The molecular formula is C11H21N3O2. The van der Waals surface area contributed by atoms with E-state index >= 15 is 0 Å². The predicted octanol–water partition coefficient (Wildman–Crippen LogP) is 0.295. The lowest BCUT2D eigenvalue weighted by atomic mass is 10.1. The second kappa shape index (κ2) is 3.89. The first-order valence-corrected chi connectivity index (χ1v) is 5.86. The molecule has 5 nitrogen and oxygen atoms in total. The molecule has 92 valence electrons. The Kier molecular flexibility index (Phi) is 2.84. The Morgan fingerprint density at radius 3 is 2.69 bits per heavy atom. The Morgan fingerprint density at radius 1 is 1.44 bits per heavy atom. The zero-order valence-corrected chi connectivity index (χ0v) is 10.2. The van der Waals surface area contributed by atoms with Gasteiger partial charge in [0.15, 0.2) is 0 Å². The fourth-order valence-corrected chi connectivity index (χ4v) is 2.49. The second-order valence-corrected chi connectivity index (χ2v) is 5.67. The minimum atomic E-state index is -0.439. The number of nitrogens with zero attached hydrogens (tertiary/aromatic N) is 1. The van der Waals surface area contributed by atoms with Gasteiger partial charge in [-0.3, -0.25) is 4.90 Å². The number of carbonyl (C=O) groups is 1. The summed E-state index contributed by atoms with van der Waals surface area (Å²) in [6.45, 7) is 7.25. The van der Waals surface area contributed by atoms with Crippen LogP contribution in [0.1, 0.15) is 27.2 Å². The van der Waals surface area contributed by atoms with E-state index < -0.39 is 5.60 Å². The topological polar surface area (TPSA) is 67.6 Å². The van der Waals surface area contributed by atoms with Crippen LogP contribution < -0.4 is 11.1 Å². The van der Waals surface area contributed by atoms with E-state index in [1.54, 1.807) is 0 Å². The molecule has 0 aliphatic carbocycles. The van der Waals surface area contributed by atoms with Gasteiger partial charge in [0.1, 0.15) is 5.60 Å². The number of carbonyl (C=O) groups excluding carboxylic acids is 1. The first-order chi connectivity index (χ1) is 7.38. The highest BCUT2D eigenvalue weighted by molar-refractivity contribution is 5.70. The van der Waals surface area contributed by atoms with Crippen LogP contribution in [0.4, 0.5) is 4.79 Å². The number of ether oxygens (including phenoxy) is 1. The molecule has 2 aliphatic rings. The molecule has 2 aliphatic heterocycles. The monoisotopic (exact) mass is 227 g/mol. The van der Waals surface area contributed by atoms with Crippen LogP contribution in [0, 0.1) is 0 Å². The highest BCUT2D eigenvalue weighted by atomic mass is 16.6. The van der Waals surface area contributed by atoms with E-state index in [1.165, 1.54) is 0 Å². The Morgan fingerprint density at radius 2 is 2.12 bits per heavy atom. The molecule has 0 spiro atoms. The van der Waals surface area contributed by atoms with Gasteiger partial charge in [0.2, 0.25) is 0 Å². The van der Waals surface area contributed by atoms with Crippen LogP contribution in [0.5, 0.6) is 0 Å². The Balaban J connectivity index is 2.07. The van der Waals surface area contributed by atoms with E-state index in [2.05, 4.69) is 5.32 Å². The van der Waals surface area contributed by atoms with Crippen molar-refractivity contribution in [3.05, 3.63) is 0 Å². The summed E-state index contributed by atoms with van der Waals surface area (Å²) >= 11 is 0. The molecule has 2 bridgehead atoms. The maximum Gasteiger partial charge on any atom is 0.410 e. The van der Waals surface area contributed by atoms with Gasteiger partial charge in [0, 0.05) is 25.2 Å². The first-order valence-electron chi connectivity index (χ1n) is 5.86. The summed E-state index contributed by atoms with van der Waals surface area (Å²) in [6, 6.07) is 0.365. The van der Waals surface area contributed by atoms with Crippen molar-refractivity contribution < 1.29 is 9.53 Å². The summed E-state index contributed by atoms with van der Waals surface area (Å²) in [5, 5.41) is 3.30. The van der Waals surface area contributed by atoms with Gasteiger partial charge in [-0.1, -0.05) is 0 Å². The average Bonchev–Trinajstić information content (AvgIpc) is 2.31. The van der Waals surface area contributed by atoms with Gasteiger partial charge in [-0.2, -0.15) is 0 Å². The van der Waals surface area contributed by atoms with E-state index in [0.717, 1.165) is 19.5 Å². The van der Waals surface area contributed by atoms with Crippen LogP contribution >= 0.6 is 0 Å².